The molecule has 0 unspecified atom stereocenters. The number of tetrazole rings is 1. The molecule has 1 fully saturated rings. The van der Waals surface area contributed by atoms with Crippen molar-refractivity contribution in [3.8, 4) is 11.4 Å². The van der Waals surface area contributed by atoms with Crippen LogP contribution in [-0.4, -0.2) is 36.7 Å². The topological polar surface area (TPSA) is 94.7 Å². The van der Waals surface area contributed by atoms with Crippen LogP contribution in [0.15, 0.2) is 53.3 Å². The van der Waals surface area contributed by atoms with Crippen LogP contribution in [0.3, 0.4) is 0 Å². The summed E-state index contributed by atoms with van der Waals surface area (Å²) >= 11 is 0. The number of amides is 1. The van der Waals surface area contributed by atoms with Crippen LogP contribution in [0.1, 0.15) is 43.8 Å². The van der Waals surface area contributed by atoms with Crippen LogP contribution in [0.25, 0.3) is 11.4 Å². The summed E-state index contributed by atoms with van der Waals surface area (Å²) in [6, 6.07) is 15.3. The summed E-state index contributed by atoms with van der Waals surface area (Å²) in [5.74, 6) is 0.622. The molecule has 1 aliphatic rings. The van der Waals surface area contributed by atoms with Gasteiger partial charge in [-0.25, -0.2) is 0 Å². The number of hydrogen-bond donors (Lipinski definition) is 1. The number of hydrogen-bond acceptors (Lipinski definition) is 5. The van der Waals surface area contributed by atoms with Gasteiger partial charge in [0.2, 0.25) is 11.7 Å². The Balaban J connectivity index is 1.26. The molecule has 8 nitrogen and oxygen atoms in total. The SMILES string of the molecule is Cc1cccc(=O)n1CCC(=O)NC1CCC(n2nnc(-c3ccccc3)n2)CC1. The van der Waals surface area contributed by atoms with Crippen molar-refractivity contribution in [1.29, 1.82) is 0 Å². The molecule has 2 heterocycles. The van der Waals surface area contributed by atoms with Gasteiger partial charge in [-0.05, 0) is 43.9 Å². The zero-order chi connectivity index (χ0) is 20.9. The second-order valence-electron chi connectivity index (χ2n) is 7.78. The predicted molar refractivity (Wildman–Crippen MR) is 113 cm³/mol. The van der Waals surface area contributed by atoms with Crippen LogP contribution in [0.5, 0.6) is 0 Å². The standard InChI is InChI=1S/C22H26N6O2/c1-16-6-5-9-21(30)27(16)15-14-20(29)23-18-10-12-19(13-11-18)28-25-22(24-26-28)17-7-3-2-4-8-17/h2-9,18-19H,10-15H2,1H3,(H,23,29). The summed E-state index contributed by atoms with van der Waals surface area (Å²) in [6.45, 7) is 2.28. The maximum atomic E-state index is 12.4. The molecule has 0 radical (unpaired) electrons. The number of benzene rings is 1. The molecule has 3 aromatic rings. The van der Waals surface area contributed by atoms with Crippen molar-refractivity contribution in [2.24, 2.45) is 0 Å². The Kier molecular flexibility index (Phi) is 6.02. The maximum absolute atomic E-state index is 12.4. The highest BCUT2D eigenvalue weighted by atomic mass is 16.2. The molecule has 1 saturated carbocycles. The van der Waals surface area contributed by atoms with Crippen LogP contribution in [0.4, 0.5) is 0 Å². The smallest absolute Gasteiger partial charge is 0.250 e. The van der Waals surface area contributed by atoms with E-state index in [4.69, 9.17) is 0 Å². The van der Waals surface area contributed by atoms with E-state index in [2.05, 4.69) is 20.7 Å². The number of nitrogens with one attached hydrogen (secondary N) is 1. The summed E-state index contributed by atoms with van der Waals surface area (Å²) in [4.78, 5) is 26.0. The van der Waals surface area contributed by atoms with Gasteiger partial charge in [0, 0.05) is 36.3 Å². The fourth-order valence-corrected chi connectivity index (χ4v) is 3.96. The van der Waals surface area contributed by atoms with E-state index < -0.39 is 0 Å². The first kappa shape index (κ1) is 20.0. The van der Waals surface area contributed by atoms with Crippen LogP contribution in [0, 0.1) is 6.92 Å². The molecule has 4 rings (SSSR count). The van der Waals surface area contributed by atoms with Crippen LogP contribution in [-0.2, 0) is 11.3 Å². The van der Waals surface area contributed by atoms with Crippen molar-refractivity contribution in [2.45, 2.75) is 57.7 Å². The molecule has 156 valence electrons. The normalized spacial score (nSPS) is 18.8. The first-order valence-electron chi connectivity index (χ1n) is 10.4. The largest absolute Gasteiger partial charge is 0.353 e. The Morgan fingerprint density at radius 3 is 2.57 bits per heavy atom. The van der Waals surface area contributed by atoms with Gasteiger partial charge in [0.05, 0.1) is 6.04 Å². The highest BCUT2D eigenvalue weighted by Gasteiger charge is 2.25. The van der Waals surface area contributed by atoms with Crippen LogP contribution in [0.2, 0.25) is 0 Å². The molecule has 1 aromatic carbocycles. The number of pyridine rings is 1. The lowest BCUT2D eigenvalue weighted by Crippen LogP contribution is -2.39. The molecule has 0 bridgehead atoms. The Morgan fingerprint density at radius 1 is 1.07 bits per heavy atom. The predicted octanol–water partition coefficient (Wildman–Crippen LogP) is 2.50. The molecular weight excluding hydrogens is 380 g/mol. The van der Waals surface area contributed by atoms with Gasteiger partial charge in [-0.2, -0.15) is 4.80 Å². The Bertz CT molecular complexity index is 1050. The zero-order valence-corrected chi connectivity index (χ0v) is 17.1. The molecule has 1 N–H and O–H groups in total. The molecule has 0 atom stereocenters. The van der Waals surface area contributed by atoms with Crippen molar-refractivity contribution < 1.29 is 4.79 Å². The van der Waals surface area contributed by atoms with Gasteiger partial charge in [-0.3, -0.25) is 9.59 Å². The van der Waals surface area contributed by atoms with E-state index in [0.29, 0.717) is 18.8 Å². The van der Waals surface area contributed by atoms with Gasteiger partial charge in [0.15, 0.2) is 0 Å². The molecule has 2 aromatic heterocycles. The maximum Gasteiger partial charge on any atom is 0.250 e. The molecule has 0 aliphatic heterocycles. The number of carbonyl (C=O) groups excluding carboxylic acids is 1. The first-order valence-corrected chi connectivity index (χ1v) is 10.4. The number of aryl methyl sites for hydroxylation is 1. The van der Waals surface area contributed by atoms with E-state index in [1.165, 1.54) is 6.07 Å². The number of nitrogens with zero attached hydrogens (tertiary/aromatic N) is 5. The van der Waals surface area contributed by atoms with E-state index in [1.54, 1.807) is 15.4 Å². The van der Waals surface area contributed by atoms with E-state index >= 15 is 0 Å². The lowest BCUT2D eigenvalue weighted by Gasteiger charge is -2.28. The van der Waals surface area contributed by atoms with Gasteiger partial charge in [-0.1, -0.05) is 36.4 Å². The Morgan fingerprint density at radius 2 is 1.83 bits per heavy atom. The van der Waals surface area contributed by atoms with Crippen LogP contribution >= 0.6 is 0 Å². The third-order valence-electron chi connectivity index (χ3n) is 5.68. The lowest BCUT2D eigenvalue weighted by molar-refractivity contribution is -0.122. The van der Waals surface area contributed by atoms with Crippen LogP contribution < -0.4 is 10.9 Å². The van der Waals surface area contributed by atoms with Gasteiger partial charge in [0.25, 0.3) is 5.56 Å². The Hall–Kier alpha value is -3.29. The van der Waals surface area contributed by atoms with Crippen molar-refractivity contribution in [3.63, 3.8) is 0 Å². The van der Waals surface area contributed by atoms with E-state index in [-0.39, 0.29) is 23.6 Å². The van der Waals surface area contributed by atoms with Gasteiger partial charge >= 0.3 is 0 Å². The minimum absolute atomic E-state index is 0.0150. The molecule has 30 heavy (non-hydrogen) atoms. The fourth-order valence-electron chi connectivity index (χ4n) is 3.96. The highest BCUT2D eigenvalue weighted by Crippen LogP contribution is 2.28. The average Bonchev–Trinajstić information content (AvgIpc) is 3.25. The van der Waals surface area contributed by atoms with Gasteiger partial charge < -0.3 is 9.88 Å². The molecular formula is C22H26N6O2. The second kappa shape index (κ2) is 9.02. The zero-order valence-electron chi connectivity index (χ0n) is 17.1. The minimum atomic E-state index is -0.0708. The summed E-state index contributed by atoms with van der Waals surface area (Å²) in [5, 5.41) is 16.1. The molecule has 0 saturated heterocycles. The molecule has 1 amide bonds. The van der Waals surface area contributed by atoms with Crippen molar-refractivity contribution in [3.05, 3.63) is 64.6 Å². The van der Waals surface area contributed by atoms with Crippen molar-refractivity contribution >= 4 is 5.91 Å². The number of rotatable bonds is 6. The monoisotopic (exact) mass is 406 g/mol. The van der Waals surface area contributed by atoms with Crippen molar-refractivity contribution in [1.82, 2.24) is 30.1 Å². The molecule has 1 aliphatic carbocycles. The van der Waals surface area contributed by atoms with E-state index in [9.17, 15) is 9.59 Å². The van der Waals surface area contributed by atoms with Crippen molar-refractivity contribution in [2.75, 3.05) is 0 Å². The molecule has 8 heteroatoms. The van der Waals surface area contributed by atoms with Gasteiger partial charge in [0.1, 0.15) is 0 Å². The third-order valence-corrected chi connectivity index (χ3v) is 5.68. The van der Waals surface area contributed by atoms with E-state index in [1.807, 2.05) is 43.3 Å². The highest BCUT2D eigenvalue weighted by molar-refractivity contribution is 5.76. The fraction of sp³-hybridized carbons (Fsp3) is 0.409. The molecule has 0 spiro atoms. The van der Waals surface area contributed by atoms with Gasteiger partial charge in [-0.15, -0.1) is 10.2 Å². The second-order valence-corrected chi connectivity index (χ2v) is 7.78. The summed E-state index contributed by atoms with van der Waals surface area (Å²) < 4.78 is 1.64. The summed E-state index contributed by atoms with van der Waals surface area (Å²) in [7, 11) is 0. The average molecular weight is 406 g/mol. The number of carbonyl (C=O) groups is 1. The summed E-state index contributed by atoms with van der Waals surface area (Å²) in [6.07, 6.45) is 3.85. The number of aromatic nitrogens is 5. The first-order chi connectivity index (χ1) is 14.6. The third kappa shape index (κ3) is 4.64. The Labute approximate surface area is 174 Å². The lowest BCUT2D eigenvalue weighted by atomic mass is 9.91. The summed E-state index contributed by atoms with van der Waals surface area (Å²) in [5.41, 5.74) is 1.75. The van der Waals surface area contributed by atoms with E-state index in [0.717, 1.165) is 36.9 Å². The minimum Gasteiger partial charge on any atom is -0.353 e. The quantitative estimate of drug-likeness (QED) is 0.679.